The Morgan fingerprint density at radius 3 is 2.74 bits per heavy atom. The van der Waals surface area contributed by atoms with Crippen molar-refractivity contribution in [2.75, 3.05) is 13.2 Å². The minimum atomic E-state index is 0.320. The summed E-state index contributed by atoms with van der Waals surface area (Å²) in [5.74, 6) is 0. The van der Waals surface area contributed by atoms with Crippen LogP contribution in [0.1, 0.15) is 27.1 Å². The Bertz CT molecular complexity index is 550. The summed E-state index contributed by atoms with van der Waals surface area (Å²) in [6.45, 7) is 1.59. The van der Waals surface area contributed by atoms with Crippen LogP contribution in [0.15, 0.2) is 48.5 Å². The zero-order chi connectivity index (χ0) is 13.1. The number of hydrogen-bond donors (Lipinski definition) is 0. The van der Waals surface area contributed by atoms with Gasteiger partial charge in [0.2, 0.25) is 0 Å². The molecule has 0 aromatic heterocycles. The van der Waals surface area contributed by atoms with Crippen molar-refractivity contribution in [2.45, 2.75) is 17.7 Å². The highest BCUT2D eigenvalue weighted by molar-refractivity contribution is 9.09. The van der Waals surface area contributed by atoms with E-state index >= 15 is 0 Å². The van der Waals surface area contributed by atoms with Crippen molar-refractivity contribution in [3.05, 3.63) is 70.8 Å². The first kappa shape index (κ1) is 12.9. The van der Waals surface area contributed by atoms with Gasteiger partial charge >= 0.3 is 0 Å². The summed E-state index contributed by atoms with van der Waals surface area (Å²) < 4.78 is 5.60. The number of halogens is 1. The standard InChI is InChI=1S/C17H17BrO/c18-17-12-19-9-8-15-7-6-14(11-16(15)17)10-13-4-2-1-3-5-13/h1-7,11,17H,8-10,12H2. The lowest BCUT2D eigenvalue weighted by atomic mass is 9.97. The summed E-state index contributed by atoms with van der Waals surface area (Å²) in [5.41, 5.74) is 5.54. The number of rotatable bonds is 2. The van der Waals surface area contributed by atoms with Crippen molar-refractivity contribution in [1.82, 2.24) is 0 Å². The molecule has 0 saturated heterocycles. The predicted octanol–water partition coefficient (Wildman–Crippen LogP) is 4.29. The first-order chi connectivity index (χ1) is 9.33. The van der Waals surface area contributed by atoms with Crippen molar-refractivity contribution in [2.24, 2.45) is 0 Å². The second-order valence-corrected chi connectivity index (χ2v) is 6.09. The van der Waals surface area contributed by atoms with E-state index in [4.69, 9.17) is 4.74 Å². The van der Waals surface area contributed by atoms with E-state index in [1.807, 2.05) is 0 Å². The van der Waals surface area contributed by atoms with Gasteiger partial charge in [0, 0.05) is 0 Å². The Morgan fingerprint density at radius 2 is 1.89 bits per heavy atom. The highest BCUT2D eigenvalue weighted by Gasteiger charge is 2.16. The molecule has 1 nitrogen and oxygen atoms in total. The predicted molar refractivity (Wildman–Crippen MR) is 81.9 cm³/mol. The normalized spacial score (nSPS) is 18.7. The fraction of sp³-hybridized carbons (Fsp3) is 0.294. The quantitative estimate of drug-likeness (QED) is 0.751. The first-order valence-corrected chi connectivity index (χ1v) is 7.62. The van der Waals surface area contributed by atoms with Crippen LogP contribution in [-0.4, -0.2) is 13.2 Å². The minimum Gasteiger partial charge on any atom is -0.380 e. The molecule has 0 aliphatic carbocycles. The Kier molecular flexibility index (Phi) is 4.00. The molecular weight excluding hydrogens is 300 g/mol. The Hall–Kier alpha value is -1.12. The Balaban J connectivity index is 1.88. The lowest BCUT2D eigenvalue weighted by Crippen LogP contribution is -1.99. The molecule has 3 rings (SSSR count). The average Bonchev–Trinajstić information content (AvgIpc) is 2.62. The molecule has 0 spiro atoms. The number of benzene rings is 2. The van der Waals surface area contributed by atoms with Crippen LogP contribution in [-0.2, 0) is 17.6 Å². The van der Waals surface area contributed by atoms with Gasteiger partial charge in [0.25, 0.3) is 0 Å². The highest BCUT2D eigenvalue weighted by atomic mass is 79.9. The Morgan fingerprint density at radius 1 is 1.05 bits per heavy atom. The molecule has 1 atom stereocenters. The second-order valence-electron chi connectivity index (χ2n) is 4.99. The molecule has 0 saturated carbocycles. The molecule has 98 valence electrons. The molecule has 0 fully saturated rings. The maximum atomic E-state index is 5.60. The molecular formula is C17H17BrO. The van der Waals surface area contributed by atoms with E-state index in [1.165, 1.54) is 22.3 Å². The molecule has 0 bridgehead atoms. The summed E-state index contributed by atoms with van der Waals surface area (Å²) in [6, 6.07) is 17.5. The maximum Gasteiger partial charge on any atom is 0.0632 e. The van der Waals surface area contributed by atoms with Crippen molar-refractivity contribution < 1.29 is 4.74 Å². The minimum absolute atomic E-state index is 0.320. The van der Waals surface area contributed by atoms with E-state index in [-0.39, 0.29) is 0 Å². The van der Waals surface area contributed by atoms with Gasteiger partial charge in [-0.3, -0.25) is 0 Å². The van der Waals surface area contributed by atoms with Gasteiger partial charge < -0.3 is 4.74 Å². The molecule has 0 N–H and O–H groups in total. The van der Waals surface area contributed by atoms with Gasteiger partial charge in [-0.2, -0.15) is 0 Å². The van der Waals surface area contributed by atoms with Crippen LogP contribution in [0.5, 0.6) is 0 Å². The van der Waals surface area contributed by atoms with Crippen molar-refractivity contribution in [1.29, 1.82) is 0 Å². The summed E-state index contributed by atoms with van der Waals surface area (Å²) in [6.07, 6.45) is 2.01. The third-order valence-corrected chi connectivity index (χ3v) is 4.34. The van der Waals surface area contributed by atoms with Crippen LogP contribution in [0.2, 0.25) is 0 Å². The lowest BCUT2D eigenvalue weighted by Gasteiger charge is -2.12. The molecule has 0 amide bonds. The molecule has 19 heavy (non-hydrogen) atoms. The number of alkyl halides is 1. The summed E-state index contributed by atoms with van der Waals surface area (Å²) in [7, 11) is 0. The summed E-state index contributed by atoms with van der Waals surface area (Å²) in [4.78, 5) is 0.320. The molecule has 1 unspecified atom stereocenters. The molecule has 1 aliphatic rings. The SMILES string of the molecule is BrC1COCCc2ccc(Cc3ccccc3)cc21. The van der Waals surface area contributed by atoms with Crippen molar-refractivity contribution in [3.63, 3.8) is 0 Å². The van der Waals surface area contributed by atoms with Crippen molar-refractivity contribution >= 4 is 15.9 Å². The Labute approximate surface area is 122 Å². The maximum absolute atomic E-state index is 5.60. The van der Waals surface area contributed by atoms with E-state index in [2.05, 4.69) is 64.5 Å². The smallest absolute Gasteiger partial charge is 0.0632 e. The van der Waals surface area contributed by atoms with Gasteiger partial charge in [-0.15, -0.1) is 0 Å². The zero-order valence-corrected chi connectivity index (χ0v) is 12.4. The second kappa shape index (κ2) is 5.89. The topological polar surface area (TPSA) is 9.23 Å². The highest BCUT2D eigenvalue weighted by Crippen LogP contribution is 2.30. The summed E-state index contributed by atoms with van der Waals surface area (Å²) in [5, 5.41) is 0. The van der Waals surface area contributed by atoms with E-state index < -0.39 is 0 Å². The average molecular weight is 317 g/mol. The van der Waals surface area contributed by atoms with E-state index in [9.17, 15) is 0 Å². The molecule has 2 heteroatoms. The molecule has 2 aromatic carbocycles. The van der Waals surface area contributed by atoms with Crippen LogP contribution in [0.4, 0.5) is 0 Å². The fourth-order valence-electron chi connectivity index (χ4n) is 2.56. The largest absolute Gasteiger partial charge is 0.380 e. The van der Waals surface area contributed by atoms with E-state index in [1.54, 1.807) is 0 Å². The van der Waals surface area contributed by atoms with Crippen LogP contribution in [0.3, 0.4) is 0 Å². The third kappa shape index (κ3) is 3.07. The number of fused-ring (bicyclic) bond motifs is 1. The van der Waals surface area contributed by atoms with Crippen LogP contribution in [0.25, 0.3) is 0 Å². The fourth-order valence-corrected chi connectivity index (χ4v) is 3.18. The number of hydrogen-bond acceptors (Lipinski definition) is 1. The first-order valence-electron chi connectivity index (χ1n) is 6.70. The molecule has 0 radical (unpaired) electrons. The van der Waals surface area contributed by atoms with Gasteiger partial charge in [0.1, 0.15) is 0 Å². The monoisotopic (exact) mass is 316 g/mol. The van der Waals surface area contributed by atoms with Crippen LogP contribution >= 0.6 is 15.9 Å². The lowest BCUT2D eigenvalue weighted by molar-refractivity contribution is 0.146. The van der Waals surface area contributed by atoms with Gasteiger partial charge in [0.05, 0.1) is 18.0 Å². The van der Waals surface area contributed by atoms with E-state index in [0.717, 1.165) is 26.1 Å². The van der Waals surface area contributed by atoms with Gasteiger partial charge in [-0.05, 0) is 35.1 Å². The molecule has 1 heterocycles. The van der Waals surface area contributed by atoms with E-state index in [0.29, 0.717) is 4.83 Å². The van der Waals surface area contributed by atoms with Gasteiger partial charge in [-0.25, -0.2) is 0 Å². The molecule has 1 aliphatic heterocycles. The van der Waals surface area contributed by atoms with Crippen LogP contribution in [0, 0.1) is 0 Å². The molecule has 2 aromatic rings. The van der Waals surface area contributed by atoms with Gasteiger partial charge in [0.15, 0.2) is 0 Å². The number of ether oxygens (including phenoxy) is 1. The van der Waals surface area contributed by atoms with Crippen LogP contribution < -0.4 is 0 Å². The summed E-state index contributed by atoms with van der Waals surface area (Å²) >= 11 is 3.73. The third-order valence-electron chi connectivity index (χ3n) is 3.58. The van der Waals surface area contributed by atoms with Crippen molar-refractivity contribution in [3.8, 4) is 0 Å². The zero-order valence-electron chi connectivity index (χ0n) is 10.8. The van der Waals surface area contributed by atoms with Gasteiger partial charge in [-0.1, -0.05) is 64.5 Å².